The van der Waals surface area contributed by atoms with Gasteiger partial charge in [-0.05, 0) is 25.7 Å². The Bertz CT molecular complexity index is 196. The zero-order valence-corrected chi connectivity index (χ0v) is 10.8. The Labute approximate surface area is 104 Å². The predicted octanol–water partition coefficient (Wildman–Crippen LogP) is 1.17. The van der Waals surface area contributed by atoms with E-state index in [0.29, 0.717) is 6.54 Å². The molecule has 0 aromatic carbocycles. The first kappa shape index (κ1) is 15.7. The standard InChI is InChI=1S/C11H22N2O2.ClH/c1-2-6-13(11(14)8-12)9-10-5-3-4-7-15-10;/h10H,2-9,12H2,1H3;1H. The lowest BCUT2D eigenvalue weighted by atomic mass is 10.1. The third-order valence-electron chi connectivity index (χ3n) is 2.72. The van der Waals surface area contributed by atoms with Gasteiger partial charge in [-0.2, -0.15) is 0 Å². The van der Waals surface area contributed by atoms with E-state index in [1.54, 1.807) is 0 Å². The van der Waals surface area contributed by atoms with Crippen LogP contribution < -0.4 is 5.73 Å². The SMILES string of the molecule is CCCN(CC1CCCCO1)C(=O)CN.Cl. The van der Waals surface area contributed by atoms with E-state index in [4.69, 9.17) is 10.5 Å². The zero-order chi connectivity index (χ0) is 11.1. The molecule has 0 saturated carbocycles. The van der Waals surface area contributed by atoms with Gasteiger partial charge in [0.15, 0.2) is 0 Å². The first-order valence-corrected chi connectivity index (χ1v) is 5.87. The molecule has 0 aromatic heterocycles. The maximum absolute atomic E-state index is 11.5. The fourth-order valence-electron chi connectivity index (χ4n) is 1.91. The molecule has 2 N–H and O–H groups in total. The van der Waals surface area contributed by atoms with Crippen LogP contribution in [0.5, 0.6) is 0 Å². The number of amides is 1. The average molecular weight is 251 g/mol. The first-order valence-electron chi connectivity index (χ1n) is 5.87. The Morgan fingerprint density at radius 1 is 1.50 bits per heavy atom. The van der Waals surface area contributed by atoms with Gasteiger partial charge in [0, 0.05) is 19.7 Å². The molecule has 0 aliphatic carbocycles. The van der Waals surface area contributed by atoms with Crippen LogP contribution in [-0.2, 0) is 9.53 Å². The van der Waals surface area contributed by atoms with Gasteiger partial charge in [0.1, 0.15) is 0 Å². The van der Waals surface area contributed by atoms with E-state index in [1.165, 1.54) is 6.42 Å². The second-order valence-electron chi connectivity index (χ2n) is 4.03. The van der Waals surface area contributed by atoms with Crippen LogP contribution >= 0.6 is 12.4 Å². The molecule has 1 unspecified atom stereocenters. The minimum Gasteiger partial charge on any atom is -0.376 e. The second kappa shape index (κ2) is 8.79. The van der Waals surface area contributed by atoms with Gasteiger partial charge in [0.2, 0.25) is 5.91 Å². The molecule has 0 spiro atoms. The van der Waals surface area contributed by atoms with Crippen LogP contribution in [0.2, 0.25) is 0 Å². The molecule has 0 radical (unpaired) electrons. The molecular weight excluding hydrogens is 228 g/mol. The summed E-state index contributed by atoms with van der Waals surface area (Å²) in [5, 5.41) is 0. The van der Waals surface area contributed by atoms with Gasteiger partial charge in [0.05, 0.1) is 12.6 Å². The summed E-state index contributed by atoms with van der Waals surface area (Å²) in [5.74, 6) is 0.0334. The summed E-state index contributed by atoms with van der Waals surface area (Å²) in [6.45, 7) is 4.51. The van der Waals surface area contributed by atoms with Crippen molar-refractivity contribution >= 4 is 18.3 Å². The number of nitrogens with two attached hydrogens (primary N) is 1. The summed E-state index contributed by atoms with van der Waals surface area (Å²) in [6.07, 6.45) is 4.62. The van der Waals surface area contributed by atoms with Gasteiger partial charge < -0.3 is 15.4 Å². The average Bonchev–Trinajstić information content (AvgIpc) is 2.29. The van der Waals surface area contributed by atoms with E-state index < -0.39 is 0 Å². The molecule has 1 fully saturated rings. The second-order valence-corrected chi connectivity index (χ2v) is 4.03. The number of carbonyl (C=O) groups is 1. The molecule has 1 heterocycles. The van der Waals surface area contributed by atoms with Crippen molar-refractivity contribution in [2.45, 2.75) is 38.7 Å². The summed E-state index contributed by atoms with van der Waals surface area (Å²) in [4.78, 5) is 13.4. The monoisotopic (exact) mass is 250 g/mol. The first-order chi connectivity index (χ1) is 7.27. The molecule has 96 valence electrons. The Kier molecular flexibility index (Phi) is 8.61. The van der Waals surface area contributed by atoms with E-state index in [9.17, 15) is 4.79 Å². The topological polar surface area (TPSA) is 55.6 Å². The number of carbonyl (C=O) groups excluding carboxylic acids is 1. The fraction of sp³-hybridized carbons (Fsp3) is 0.909. The van der Waals surface area contributed by atoms with Crippen molar-refractivity contribution in [2.75, 3.05) is 26.2 Å². The third kappa shape index (κ3) is 5.14. The van der Waals surface area contributed by atoms with Gasteiger partial charge >= 0.3 is 0 Å². The molecule has 1 atom stereocenters. The Morgan fingerprint density at radius 2 is 2.25 bits per heavy atom. The fourth-order valence-corrected chi connectivity index (χ4v) is 1.91. The molecule has 1 amide bonds. The molecule has 4 nitrogen and oxygen atoms in total. The van der Waals surface area contributed by atoms with Crippen LogP contribution in [0, 0.1) is 0 Å². The minimum absolute atomic E-state index is 0. The van der Waals surface area contributed by atoms with Crippen LogP contribution in [0.25, 0.3) is 0 Å². The van der Waals surface area contributed by atoms with Gasteiger partial charge in [-0.25, -0.2) is 0 Å². The van der Waals surface area contributed by atoms with Crippen molar-refractivity contribution in [2.24, 2.45) is 5.73 Å². The highest BCUT2D eigenvalue weighted by molar-refractivity contribution is 5.85. The highest BCUT2D eigenvalue weighted by Crippen LogP contribution is 2.14. The lowest BCUT2D eigenvalue weighted by molar-refractivity contribution is -0.132. The molecule has 1 saturated heterocycles. The molecule has 5 heteroatoms. The van der Waals surface area contributed by atoms with Crippen molar-refractivity contribution < 1.29 is 9.53 Å². The van der Waals surface area contributed by atoms with Gasteiger partial charge in [-0.1, -0.05) is 6.92 Å². The highest BCUT2D eigenvalue weighted by atomic mass is 35.5. The van der Waals surface area contributed by atoms with Gasteiger partial charge in [-0.15, -0.1) is 12.4 Å². The van der Waals surface area contributed by atoms with E-state index in [-0.39, 0.29) is 31.0 Å². The van der Waals surface area contributed by atoms with Crippen molar-refractivity contribution in [3.63, 3.8) is 0 Å². The lowest BCUT2D eigenvalue weighted by Gasteiger charge is -2.29. The van der Waals surface area contributed by atoms with Crippen LogP contribution in [0.15, 0.2) is 0 Å². The van der Waals surface area contributed by atoms with Crippen LogP contribution in [0.3, 0.4) is 0 Å². The summed E-state index contributed by atoms with van der Waals surface area (Å²) >= 11 is 0. The van der Waals surface area contributed by atoms with E-state index in [1.807, 2.05) is 4.90 Å². The maximum atomic E-state index is 11.5. The number of hydrogen-bond acceptors (Lipinski definition) is 3. The summed E-state index contributed by atoms with van der Waals surface area (Å²) in [7, 11) is 0. The number of ether oxygens (including phenoxy) is 1. The van der Waals surface area contributed by atoms with Crippen molar-refractivity contribution in [1.29, 1.82) is 0 Å². The highest BCUT2D eigenvalue weighted by Gasteiger charge is 2.19. The molecular formula is C11H23ClN2O2. The van der Waals surface area contributed by atoms with E-state index in [2.05, 4.69) is 6.92 Å². The minimum atomic E-state index is 0. The summed E-state index contributed by atoms with van der Waals surface area (Å²) in [5.41, 5.74) is 5.38. The van der Waals surface area contributed by atoms with Crippen molar-refractivity contribution in [3.8, 4) is 0 Å². The van der Waals surface area contributed by atoms with Crippen molar-refractivity contribution in [1.82, 2.24) is 4.90 Å². The molecule has 1 rings (SSSR count). The maximum Gasteiger partial charge on any atom is 0.236 e. The zero-order valence-electron chi connectivity index (χ0n) is 9.98. The van der Waals surface area contributed by atoms with Crippen LogP contribution in [-0.4, -0.2) is 43.2 Å². The van der Waals surface area contributed by atoms with Gasteiger partial charge in [-0.3, -0.25) is 4.79 Å². The van der Waals surface area contributed by atoms with E-state index >= 15 is 0 Å². The summed E-state index contributed by atoms with van der Waals surface area (Å²) in [6, 6.07) is 0. The van der Waals surface area contributed by atoms with Crippen LogP contribution in [0.4, 0.5) is 0 Å². The number of rotatable bonds is 5. The molecule has 16 heavy (non-hydrogen) atoms. The van der Waals surface area contributed by atoms with Crippen LogP contribution in [0.1, 0.15) is 32.6 Å². The van der Waals surface area contributed by atoms with Crippen molar-refractivity contribution in [3.05, 3.63) is 0 Å². The lowest BCUT2D eigenvalue weighted by Crippen LogP contribution is -2.42. The van der Waals surface area contributed by atoms with E-state index in [0.717, 1.165) is 32.4 Å². The molecule has 1 aliphatic rings. The Morgan fingerprint density at radius 3 is 2.75 bits per heavy atom. The number of nitrogens with zero attached hydrogens (tertiary/aromatic N) is 1. The number of halogens is 1. The normalized spacial score (nSPS) is 20.0. The largest absolute Gasteiger partial charge is 0.376 e. The Hall–Kier alpha value is -0.320. The number of hydrogen-bond donors (Lipinski definition) is 1. The quantitative estimate of drug-likeness (QED) is 0.797. The Balaban J connectivity index is 0.00000225. The summed E-state index contributed by atoms with van der Waals surface area (Å²) < 4.78 is 5.61. The predicted molar refractivity (Wildman–Crippen MR) is 66.8 cm³/mol. The molecule has 0 bridgehead atoms. The molecule has 0 aromatic rings. The molecule has 1 aliphatic heterocycles. The van der Waals surface area contributed by atoms with Gasteiger partial charge in [0.25, 0.3) is 0 Å². The third-order valence-corrected chi connectivity index (χ3v) is 2.72. The smallest absolute Gasteiger partial charge is 0.236 e.